The maximum atomic E-state index is 13.7. The number of aromatic nitrogens is 3. The van der Waals surface area contributed by atoms with Gasteiger partial charge >= 0.3 is 6.09 Å². The van der Waals surface area contributed by atoms with Gasteiger partial charge in [0, 0.05) is 37.4 Å². The number of ether oxygens (including phenoxy) is 1. The normalized spacial score (nSPS) is 20.7. The van der Waals surface area contributed by atoms with Crippen LogP contribution in [0.25, 0.3) is 22.2 Å². The van der Waals surface area contributed by atoms with Crippen LogP contribution in [0.5, 0.6) is 0 Å². The SMILES string of the molecule is CC(C)(C)OC(=O)N1CCC[C@]2(C1)C[C@H](Nc1cc(-c3ccc4ncn(Cc5cccc(F)c5)c4c3)c(Cl)cn1)C2. The van der Waals surface area contributed by atoms with Crippen molar-refractivity contribution in [2.75, 3.05) is 18.4 Å². The Labute approximate surface area is 244 Å². The summed E-state index contributed by atoms with van der Waals surface area (Å²) in [6.07, 6.45) is 7.33. The molecule has 1 aliphatic heterocycles. The second-order valence-electron chi connectivity index (χ2n) is 12.5. The Morgan fingerprint density at radius 1 is 1.17 bits per heavy atom. The molecule has 2 fully saturated rings. The van der Waals surface area contributed by atoms with Gasteiger partial charge in [-0.05, 0) is 93.3 Å². The van der Waals surface area contributed by atoms with Crippen molar-refractivity contribution in [3.8, 4) is 11.1 Å². The summed E-state index contributed by atoms with van der Waals surface area (Å²) in [6.45, 7) is 7.72. The van der Waals surface area contributed by atoms with Crippen LogP contribution in [-0.2, 0) is 11.3 Å². The summed E-state index contributed by atoms with van der Waals surface area (Å²) in [5, 5.41) is 4.16. The van der Waals surface area contributed by atoms with Crippen LogP contribution in [0.4, 0.5) is 15.0 Å². The summed E-state index contributed by atoms with van der Waals surface area (Å²) in [4.78, 5) is 23.6. The summed E-state index contributed by atoms with van der Waals surface area (Å²) in [5.74, 6) is 0.523. The zero-order valence-corrected chi connectivity index (χ0v) is 24.4. The highest BCUT2D eigenvalue weighted by atomic mass is 35.5. The smallest absolute Gasteiger partial charge is 0.410 e. The van der Waals surface area contributed by atoms with Crippen molar-refractivity contribution in [1.82, 2.24) is 19.4 Å². The summed E-state index contributed by atoms with van der Waals surface area (Å²) >= 11 is 6.63. The van der Waals surface area contributed by atoms with E-state index in [9.17, 15) is 9.18 Å². The Bertz CT molecular complexity index is 1590. The Kier molecular flexibility index (Phi) is 7.14. The van der Waals surface area contributed by atoms with Crippen molar-refractivity contribution in [3.05, 3.63) is 77.5 Å². The van der Waals surface area contributed by atoms with Gasteiger partial charge in [-0.25, -0.2) is 19.2 Å². The molecule has 3 heterocycles. The van der Waals surface area contributed by atoms with E-state index in [0.29, 0.717) is 11.6 Å². The van der Waals surface area contributed by atoms with Crippen molar-refractivity contribution < 1.29 is 13.9 Å². The highest BCUT2D eigenvalue weighted by molar-refractivity contribution is 6.33. The molecule has 1 N–H and O–H groups in total. The van der Waals surface area contributed by atoms with Crippen molar-refractivity contribution in [2.24, 2.45) is 5.41 Å². The van der Waals surface area contributed by atoms with Crippen molar-refractivity contribution in [3.63, 3.8) is 0 Å². The lowest BCUT2D eigenvalue weighted by molar-refractivity contribution is -0.0192. The first kappa shape index (κ1) is 27.5. The third kappa shape index (κ3) is 6.03. The third-order valence-corrected chi connectivity index (χ3v) is 8.35. The number of anilines is 1. The van der Waals surface area contributed by atoms with Gasteiger partial charge < -0.3 is 19.5 Å². The van der Waals surface area contributed by atoms with Crippen LogP contribution in [0.3, 0.4) is 0 Å². The molecule has 1 aliphatic carbocycles. The van der Waals surface area contributed by atoms with Crippen LogP contribution in [0, 0.1) is 11.2 Å². The number of piperidine rings is 1. The van der Waals surface area contributed by atoms with E-state index >= 15 is 0 Å². The highest BCUT2D eigenvalue weighted by Gasteiger charge is 2.48. The fraction of sp³-hybridized carbons (Fsp3) is 0.406. The lowest BCUT2D eigenvalue weighted by Gasteiger charge is -2.53. The lowest BCUT2D eigenvalue weighted by Crippen LogP contribution is -2.56. The second kappa shape index (κ2) is 10.6. The van der Waals surface area contributed by atoms with Crippen LogP contribution >= 0.6 is 11.6 Å². The largest absolute Gasteiger partial charge is 0.444 e. The number of pyridine rings is 1. The van der Waals surface area contributed by atoms with Gasteiger partial charge in [-0.15, -0.1) is 0 Å². The minimum atomic E-state index is -0.491. The minimum Gasteiger partial charge on any atom is -0.444 e. The van der Waals surface area contributed by atoms with Gasteiger partial charge in [0.25, 0.3) is 0 Å². The van der Waals surface area contributed by atoms with Crippen LogP contribution < -0.4 is 5.32 Å². The molecule has 9 heteroatoms. The molecule has 7 nitrogen and oxygen atoms in total. The summed E-state index contributed by atoms with van der Waals surface area (Å²) in [5.41, 5.74) is 4.16. The standard InChI is InChI=1S/C32H35ClFN5O2/c1-31(2,3)41-30(40)38-11-5-10-32(19-38)15-24(16-32)37-29-14-25(26(33)17-35-29)22-8-9-27-28(13-22)39(20-36-27)18-21-6-4-7-23(34)12-21/h4,6-9,12-14,17,20,24H,5,10-11,15-16,18-19H2,1-3H3,(H,35,37)/t24-,32-. The molecule has 4 aromatic rings. The topological polar surface area (TPSA) is 72.3 Å². The van der Waals surface area contributed by atoms with Crippen molar-refractivity contribution in [1.29, 1.82) is 0 Å². The molecule has 1 amide bonds. The number of nitrogens with zero attached hydrogens (tertiary/aromatic N) is 4. The number of likely N-dealkylation sites (tertiary alicyclic amines) is 1. The fourth-order valence-electron chi connectivity index (χ4n) is 6.24. The summed E-state index contributed by atoms with van der Waals surface area (Å²) in [7, 11) is 0. The van der Waals surface area contributed by atoms with Gasteiger partial charge in [-0.2, -0.15) is 0 Å². The zero-order valence-electron chi connectivity index (χ0n) is 23.7. The molecule has 1 saturated heterocycles. The quantitative estimate of drug-likeness (QED) is 0.266. The number of fused-ring (bicyclic) bond motifs is 1. The molecule has 6 rings (SSSR count). The zero-order chi connectivity index (χ0) is 28.8. The van der Waals surface area contributed by atoms with E-state index in [-0.39, 0.29) is 23.4 Å². The predicted octanol–water partition coefficient (Wildman–Crippen LogP) is 7.53. The van der Waals surface area contributed by atoms with Crippen LogP contribution in [0.1, 0.15) is 52.0 Å². The number of benzene rings is 2. The maximum absolute atomic E-state index is 13.7. The molecule has 2 aliphatic rings. The van der Waals surface area contributed by atoms with Gasteiger partial charge in [-0.3, -0.25) is 0 Å². The number of carbonyl (C=O) groups is 1. The predicted molar refractivity (Wildman–Crippen MR) is 160 cm³/mol. The molecule has 2 aromatic heterocycles. The fourth-order valence-corrected chi connectivity index (χ4v) is 6.45. The van der Waals surface area contributed by atoms with E-state index in [0.717, 1.165) is 72.3 Å². The molecular weight excluding hydrogens is 541 g/mol. The Hall–Kier alpha value is -3.65. The molecule has 214 valence electrons. The minimum absolute atomic E-state index is 0.132. The van der Waals surface area contributed by atoms with E-state index in [1.165, 1.54) is 6.07 Å². The first-order chi connectivity index (χ1) is 19.6. The first-order valence-electron chi connectivity index (χ1n) is 14.2. The molecule has 0 atom stereocenters. The number of hydrogen-bond acceptors (Lipinski definition) is 5. The number of rotatable bonds is 5. The van der Waals surface area contributed by atoms with E-state index in [4.69, 9.17) is 16.3 Å². The molecule has 1 saturated carbocycles. The maximum Gasteiger partial charge on any atom is 0.410 e. The van der Waals surface area contributed by atoms with Gasteiger partial charge in [0.1, 0.15) is 17.2 Å². The Morgan fingerprint density at radius 3 is 2.78 bits per heavy atom. The second-order valence-corrected chi connectivity index (χ2v) is 12.9. The van der Waals surface area contributed by atoms with E-state index in [1.54, 1.807) is 24.7 Å². The summed E-state index contributed by atoms with van der Waals surface area (Å²) in [6, 6.07) is 14.9. The average Bonchev–Trinajstić information content (AvgIpc) is 3.30. The van der Waals surface area contributed by atoms with Gasteiger partial charge in [0.15, 0.2) is 0 Å². The Balaban J connectivity index is 1.15. The van der Waals surface area contributed by atoms with Gasteiger partial charge in [-0.1, -0.05) is 29.8 Å². The van der Waals surface area contributed by atoms with Gasteiger partial charge in [0.2, 0.25) is 0 Å². The number of carbonyl (C=O) groups excluding carboxylic acids is 1. The van der Waals surface area contributed by atoms with Crippen LogP contribution in [0.15, 0.2) is 61.1 Å². The molecule has 0 bridgehead atoms. The van der Waals surface area contributed by atoms with E-state index in [2.05, 4.69) is 21.4 Å². The van der Waals surface area contributed by atoms with Crippen LogP contribution in [-0.4, -0.2) is 50.3 Å². The molecule has 41 heavy (non-hydrogen) atoms. The molecule has 0 unspecified atom stereocenters. The molecular formula is C32H35ClFN5O2. The van der Waals surface area contributed by atoms with Crippen molar-refractivity contribution in [2.45, 2.75) is 64.6 Å². The van der Waals surface area contributed by atoms with E-state index < -0.39 is 5.60 Å². The number of halogens is 2. The monoisotopic (exact) mass is 575 g/mol. The number of hydrogen-bond donors (Lipinski definition) is 1. The van der Waals surface area contributed by atoms with Gasteiger partial charge in [0.05, 0.1) is 22.4 Å². The summed E-state index contributed by atoms with van der Waals surface area (Å²) < 4.78 is 21.4. The number of nitrogens with one attached hydrogen (secondary N) is 1. The first-order valence-corrected chi connectivity index (χ1v) is 14.5. The van der Waals surface area contributed by atoms with E-state index in [1.807, 2.05) is 54.5 Å². The van der Waals surface area contributed by atoms with Crippen molar-refractivity contribution >= 4 is 34.5 Å². The van der Waals surface area contributed by atoms with Crippen LogP contribution in [0.2, 0.25) is 5.02 Å². The third-order valence-electron chi connectivity index (χ3n) is 8.05. The molecule has 0 radical (unpaired) electrons. The lowest BCUT2D eigenvalue weighted by atomic mass is 9.61. The highest BCUT2D eigenvalue weighted by Crippen LogP contribution is 2.49. The molecule has 1 spiro atoms. The Morgan fingerprint density at radius 2 is 2.00 bits per heavy atom. The number of imidazole rings is 1. The average molecular weight is 576 g/mol. The number of amides is 1. The molecule has 2 aromatic carbocycles.